The van der Waals surface area contributed by atoms with E-state index in [0.717, 1.165) is 69.8 Å². The highest BCUT2D eigenvalue weighted by Crippen LogP contribution is 2.27. The minimum absolute atomic E-state index is 0.0795. The zero-order valence-electron chi connectivity index (χ0n) is 47.8. The molecule has 0 bridgehead atoms. The maximum Gasteiger partial charge on any atom is 0.333 e. The molecule has 5 aliphatic rings. The molecular weight excluding hydrogens is 993 g/mol. The first-order valence-electron chi connectivity index (χ1n) is 27.8. The fourth-order valence-corrected chi connectivity index (χ4v) is 9.84. The molecule has 0 spiro atoms. The number of hydrogen-bond acceptors (Lipinski definition) is 13. The quantitative estimate of drug-likeness (QED) is 0.0540. The number of carbonyl (C=O) groups is 10. The van der Waals surface area contributed by atoms with Gasteiger partial charge in [-0.2, -0.15) is 0 Å². The number of nitrogens with two attached hydrogens (primary N) is 6. The molecule has 9 amide bonds. The van der Waals surface area contributed by atoms with Crippen LogP contribution in [0.3, 0.4) is 0 Å². The molecule has 0 saturated carbocycles. The van der Waals surface area contributed by atoms with Crippen LogP contribution < -0.4 is 34.4 Å². The number of nitrogens with zero attached hydrogens (tertiary/aromatic N) is 4. The van der Waals surface area contributed by atoms with Crippen LogP contribution in [-0.2, 0) is 52.7 Å². The maximum absolute atomic E-state index is 11.7. The summed E-state index contributed by atoms with van der Waals surface area (Å²) in [6.07, 6.45) is 16.5. The van der Waals surface area contributed by atoms with E-state index in [1.54, 1.807) is 25.7 Å². The Kier molecular flexibility index (Phi) is 34.7. The smallest absolute Gasteiger partial charge is 0.333 e. The molecule has 5 rings (SSSR count). The summed E-state index contributed by atoms with van der Waals surface area (Å²) in [5.74, 6) is -1.10. The Labute approximate surface area is 458 Å². The fourth-order valence-electron chi connectivity index (χ4n) is 9.84. The molecule has 5 aliphatic heterocycles. The molecule has 0 aromatic heterocycles. The van der Waals surface area contributed by atoms with E-state index in [1.807, 2.05) is 34.6 Å². The van der Waals surface area contributed by atoms with Crippen molar-refractivity contribution in [2.75, 3.05) is 26.2 Å². The predicted molar refractivity (Wildman–Crippen MR) is 294 cm³/mol. The SMILES string of the molecule is CCCC1=CC(=O)N([C@@H](CC)C(N)=O)C1.CCCC1=CC(=O)OC1O.CCC[C@@H]1CC(=O)N([C@@H](CC)C(N)=O)C1.CCC[C@@H]1CC(=O)N([C@@H](CC)C(N)=O)C1.CCC[C@H]1CC(=O)N([C@@H](CC)C(N)=O)C1.[CH2+]C[C@H](N)C(N)=O. The van der Waals surface area contributed by atoms with Crippen molar-refractivity contribution >= 4 is 59.1 Å². The van der Waals surface area contributed by atoms with Crippen molar-refractivity contribution in [1.29, 1.82) is 0 Å². The van der Waals surface area contributed by atoms with Crippen molar-refractivity contribution in [3.63, 3.8) is 0 Å². The normalized spacial score (nSPS) is 21.4. The molecule has 3 fully saturated rings. The summed E-state index contributed by atoms with van der Waals surface area (Å²) in [5, 5.41) is 8.98. The number of esters is 1. The summed E-state index contributed by atoms with van der Waals surface area (Å²) in [7, 11) is 0. The first-order valence-corrected chi connectivity index (χ1v) is 27.8. The lowest BCUT2D eigenvalue weighted by atomic mass is 10.0. The second kappa shape index (κ2) is 37.7. The molecule has 0 aliphatic carbocycles. The molecule has 0 radical (unpaired) electrons. The number of aliphatic hydroxyl groups is 1. The predicted octanol–water partition coefficient (Wildman–Crippen LogP) is 3.13. The molecule has 3 saturated heterocycles. The van der Waals surface area contributed by atoms with E-state index in [1.165, 1.54) is 6.08 Å². The molecule has 1 unspecified atom stereocenters. The number of rotatable bonds is 24. The van der Waals surface area contributed by atoms with Crippen LogP contribution in [0.15, 0.2) is 23.3 Å². The lowest BCUT2D eigenvalue weighted by Crippen LogP contribution is -2.45. The number of ether oxygens (including phenoxy) is 1. The zero-order valence-corrected chi connectivity index (χ0v) is 47.8. The van der Waals surface area contributed by atoms with Crippen molar-refractivity contribution in [2.24, 2.45) is 52.2 Å². The van der Waals surface area contributed by atoms with E-state index < -0.39 is 54.3 Å². The second-order valence-electron chi connectivity index (χ2n) is 20.1. The van der Waals surface area contributed by atoms with Gasteiger partial charge in [0, 0.05) is 63.2 Å². The second-order valence-corrected chi connectivity index (χ2v) is 20.1. The molecule has 22 nitrogen and oxygen atoms in total. The van der Waals surface area contributed by atoms with Gasteiger partial charge in [-0.1, -0.05) is 94.4 Å². The molecule has 13 N–H and O–H groups in total. The van der Waals surface area contributed by atoms with Crippen LogP contribution in [0.2, 0.25) is 0 Å². The Morgan fingerprint density at radius 3 is 1.12 bits per heavy atom. The third-order valence-electron chi connectivity index (χ3n) is 13.8. The van der Waals surface area contributed by atoms with Gasteiger partial charge in [-0.3, -0.25) is 43.2 Å². The Morgan fingerprint density at radius 2 is 0.883 bits per heavy atom. The average molecular weight is 1090 g/mol. The topological polar surface area (TPSA) is 369 Å². The Hall–Kier alpha value is -6.03. The molecule has 0 aromatic carbocycles. The molecule has 5 heterocycles. The van der Waals surface area contributed by atoms with Crippen molar-refractivity contribution in [2.45, 2.75) is 214 Å². The lowest BCUT2D eigenvalue weighted by molar-refractivity contribution is -0.151. The van der Waals surface area contributed by atoms with E-state index >= 15 is 0 Å². The van der Waals surface area contributed by atoms with Gasteiger partial charge in [0.1, 0.15) is 36.6 Å². The maximum atomic E-state index is 11.7. The monoisotopic (exact) mass is 1090 g/mol. The van der Waals surface area contributed by atoms with Crippen LogP contribution >= 0.6 is 0 Å². The summed E-state index contributed by atoms with van der Waals surface area (Å²) < 4.78 is 4.45. The van der Waals surface area contributed by atoms with Gasteiger partial charge in [-0.15, -0.1) is 0 Å². The summed E-state index contributed by atoms with van der Waals surface area (Å²) in [5.41, 5.74) is 32.7. The highest BCUT2D eigenvalue weighted by atomic mass is 16.6. The van der Waals surface area contributed by atoms with Gasteiger partial charge in [-0.05, 0) is 81.1 Å². The largest absolute Gasteiger partial charge is 0.429 e. The van der Waals surface area contributed by atoms with Crippen LogP contribution in [0.5, 0.6) is 0 Å². The van der Waals surface area contributed by atoms with Gasteiger partial charge in [0.2, 0.25) is 59.5 Å². The van der Waals surface area contributed by atoms with Crippen LogP contribution in [0, 0.1) is 24.7 Å². The Bertz CT molecular complexity index is 1840. The van der Waals surface area contributed by atoms with Crippen molar-refractivity contribution < 1.29 is 57.8 Å². The van der Waals surface area contributed by atoms with Gasteiger partial charge in [0.15, 0.2) is 0 Å². The summed E-state index contributed by atoms with van der Waals surface area (Å²) in [6.45, 7) is 23.9. The Morgan fingerprint density at radius 1 is 0.545 bits per heavy atom. The van der Waals surface area contributed by atoms with E-state index in [4.69, 9.17) is 39.5 Å². The number of cyclic esters (lactones) is 1. The van der Waals surface area contributed by atoms with E-state index in [2.05, 4.69) is 39.4 Å². The van der Waals surface area contributed by atoms with Crippen molar-refractivity contribution in [1.82, 2.24) is 19.6 Å². The van der Waals surface area contributed by atoms with Gasteiger partial charge in [0.25, 0.3) is 0 Å². The molecule has 0 aromatic rings. The summed E-state index contributed by atoms with van der Waals surface area (Å²) in [4.78, 5) is 118. The third-order valence-corrected chi connectivity index (χ3v) is 13.8. The molecule has 22 heteroatoms. The van der Waals surface area contributed by atoms with E-state index in [0.29, 0.717) is 101 Å². The van der Waals surface area contributed by atoms with Crippen LogP contribution in [0.1, 0.15) is 178 Å². The average Bonchev–Trinajstić information content (AvgIpc) is 4.17. The third kappa shape index (κ3) is 24.5. The van der Waals surface area contributed by atoms with Gasteiger partial charge >= 0.3 is 5.97 Å². The lowest BCUT2D eigenvalue weighted by Gasteiger charge is -2.24. The fraction of sp³-hybridized carbons (Fsp3) is 0.727. The first kappa shape index (κ1) is 71.0. The summed E-state index contributed by atoms with van der Waals surface area (Å²) in [6, 6.07) is -2.24. The van der Waals surface area contributed by atoms with Crippen LogP contribution in [-0.4, -0.2) is 147 Å². The number of primary amides is 5. The number of likely N-dealkylation sites (tertiary alicyclic amines) is 3. The highest BCUT2D eigenvalue weighted by molar-refractivity contribution is 5.95. The summed E-state index contributed by atoms with van der Waals surface area (Å²) >= 11 is 0. The number of carbonyl (C=O) groups excluding carboxylic acids is 10. The zero-order chi connectivity index (χ0) is 59.1. The van der Waals surface area contributed by atoms with Crippen LogP contribution in [0.25, 0.3) is 0 Å². The minimum atomic E-state index is -0.979. The van der Waals surface area contributed by atoms with Crippen molar-refractivity contribution in [3.05, 3.63) is 30.2 Å². The molecule has 9 atom stereocenters. The van der Waals surface area contributed by atoms with Crippen molar-refractivity contribution in [3.8, 4) is 0 Å². The highest BCUT2D eigenvalue weighted by Gasteiger charge is 2.38. The van der Waals surface area contributed by atoms with Gasteiger partial charge in [-0.25, -0.2) is 4.79 Å². The van der Waals surface area contributed by atoms with Gasteiger partial charge in [0.05, 0.1) is 6.92 Å². The minimum Gasteiger partial charge on any atom is -0.429 e. The Balaban J connectivity index is 0.000000914. The number of amides is 9. The number of aliphatic hydroxyl groups excluding tert-OH is 1. The number of hydrogen-bond donors (Lipinski definition) is 7. The molecular formula is C55H97N10O12+. The van der Waals surface area contributed by atoms with E-state index in [9.17, 15) is 47.9 Å². The molecule has 77 heavy (non-hydrogen) atoms. The van der Waals surface area contributed by atoms with E-state index in [-0.39, 0.29) is 41.4 Å². The standard InChI is InChI=1S/3C11H20N2O2.C11H18N2O2.C7H10O3.C4H8N2O/c4*1-3-5-8-6-10(14)13(7-8)9(4-2)11(12)15;1-2-3-5-4-6(8)10-7(5)9;1-2-3(5)4(6)7/h3*8-9H,3-7H2,1-2H3,(H2,12,15);6,9H,3-5,7H2,1-2H3,(H2,12,15);4,7,9H,2-3H2,1H3;3H,1-2,5H2,(H-,6,7)/p+1/t2*8-,9+;8-,9-;9-;;3-/m1100.0/s1. The van der Waals surface area contributed by atoms with Crippen LogP contribution in [0.4, 0.5) is 0 Å². The van der Waals surface area contributed by atoms with Gasteiger partial charge < -0.3 is 63.8 Å². The first-order chi connectivity index (χ1) is 36.3. The molecule has 438 valence electrons.